The van der Waals surface area contributed by atoms with Gasteiger partial charge in [0, 0.05) is 42.1 Å². The van der Waals surface area contributed by atoms with E-state index < -0.39 is 0 Å². The molecule has 1 unspecified atom stereocenters. The Balaban J connectivity index is 1.40. The van der Waals surface area contributed by atoms with Gasteiger partial charge in [0.25, 0.3) is 0 Å². The van der Waals surface area contributed by atoms with Crippen LogP contribution < -0.4 is 4.90 Å². The molecule has 0 amide bonds. The van der Waals surface area contributed by atoms with E-state index in [9.17, 15) is 0 Å². The maximum atomic E-state index is 6.09. The van der Waals surface area contributed by atoms with Crippen LogP contribution in [0.5, 0.6) is 0 Å². The molecule has 1 saturated heterocycles. The van der Waals surface area contributed by atoms with Gasteiger partial charge in [-0.05, 0) is 49.4 Å². The number of fused-ring (bicyclic) bond motifs is 3. The number of ether oxygens (including phenoxy) is 1. The number of aromatic nitrogens is 5. The van der Waals surface area contributed by atoms with Crippen LogP contribution in [-0.4, -0.2) is 50.5 Å². The zero-order valence-corrected chi connectivity index (χ0v) is 18.3. The van der Waals surface area contributed by atoms with Gasteiger partial charge in [0.05, 0.1) is 30.8 Å². The first-order valence-corrected chi connectivity index (χ1v) is 11.6. The summed E-state index contributed by atoms with van der Waals surface area (Å²) < 4.78 is 8.07. The summed E-state index contributed by atoms with van der Waals surface area (Å²) >= 11 is 1.84. The van der Waals surface area contributed by atoms with Gasteiger partial charge in [0.15, 0.2) is 5.82 Å². The minimum absolute atomic E-state index is 0.0755. The van der Waals surface area contributed by atoms with Crippen LogP contribution >= 0.6 is 11.3 Å². The summed E-state index contributed by atoms with van der Waals surface area (Å²) in [6.45, 7) is 5.12. The zero-order chi connectivity index (χ0) is 20.8. The molecule has 2 aliphatic rings. The highest BCUT2D eigenvalue weighted by Gasteiger charge is 2.28. The molecule has 0 N–H and O–H groups in total. The highest BCUT2D eigenvalue weighted by molar-refractivity contribution is 7.19. The number of rotatable bonds is 4. The van der Waals surface area contributed by atoms with Crippen LogP contribution in [0.1, 0.15) is 22.4 Å². The molecule has 31 heavy (non-hydrogen) atoms. The van der Waals surface area contributed by atoms with E-state index in [0.29, 0.717) is 6.61 Å². The summed E-state index contributed by atoms with van der Waals surface area (Å²) in [5.74, 6) is 1.80. The fraction of sp³-hybridized carbons (Fsp3) is 0.391. The molecule has 0 radical (unpaired) electrons. The van der Waals surface area contributed by atoms with Crippen molar-refractivity contribution in [2.24, 2.45) is 0 Å². The van der Waals surface area contributed by atoms with E-state index in [1.807, 2.05) is 40.5 Å². The number of hydrogen-bond donors (Lipinski definition) is 0. The van der Waals surface area contributed by atoms with Gasteiger partial charge in [0.2, 0.25) is 0 Å². The Bertz CT molecular complexity index is 1230. The van der Waals surface area contributed by atoms with Crippen LogP contribution in [0.2, 0.25) is 0 Å². The number of pyridine rings is 1. The lowest BCUT2D eigenvalue weighted by Crippen LogP contribution is -2.44. The second-order valence-electron chi connectivity index (χ2n) is 8.33. The highest BCUT2D eigenvalue weighted by atomic mass is 32.1. The van der Waals surface area contributed by atoms with Crippen molar-refractivity contribution in [3.05, 3.63) is 52.9 Å². The van der Waals surface area contributed by atoms with E-state index in [4.69, 9.17) is 14.7 Å². The lowest BCUT2D eigenvalue weighted by molar-refractivity contribution is 0.0273. The molecule has 1 aliphatic heterocycles. The normalized spacial score (nSPS) is 18.6. The summed E-state index contributed by atoms with van der Waals surface area (Å²) in [7, 11) is 0. The molecule has 1 atom stereocenters. The predicted octanol–water partition coefficient (Wildman–Crippen LogP) is 3.65. The topological polar surface area (TPSA) is 69.0 Å². The Morgan fingerprint density at radius 2 is 2.19 bits per heavy atom. The van der Waals surface area contributed by atoms with Crippen molar-refractivity contribution < 1.29 is 4.74 Å². The molecule has 6 rings (SSSR count). The molecule has 4 aromatic rings. The molecule has 0 saturated carbocycles. The second kappa shape index (κ2) is 7.69. The third-order valence-electron chi connectivity index (χ3n) is 6.06. The van der Waals surface area contributed by atoms with Crippen molar-refractivity contribution in [3.63, 3.8) is 0 Å². The number of morpholine rings is 1. The Hall–Kier alpha value is -2.84. The van der Waals surface area contributed by atoms with Gasteiger partial charge >= 0.3 is 0 Å². The third kappa shape index (κ3) is 3.49. The van der Waals surface area contributed by atoms with Crippen LogP contribution in [0.25, 0.3) is 21.6 Å². The van der Waals surface area contributed by atoms with E-state index in [1.54, 1.807) is 6.20 Å². The van der Waals surface area contributed by atoms with Gasteiger partial charge in [-0.2, -0.15) is 5.10 Å². The van der Waals surface area contributed by atoms with Gasteiger partial charge in [0.1, 0.15) is 10.6 Å². The monoisotopic (exact) mass is 432 g/mol. The Morgan fingerprint density at radius 1 is 1.23 bits per heavy atom. The lowest BCUT2D eigenvalue weighted by Gasteiger charge is -2.34. The molecule has 7 nitrogen and oxygen atoms in total. The summed E-state index contributed by atoms with van der Waals surface area (Å²) in [6.07, 6.45) is 11.2. The smallest absolute Gasteiger partial charge is 0.164 e. The third-order valence-corrected chi connectivity index (χ3v) is 7.24. The van der Waals surface area contributed by atoms with Crippen molar-refractivity contribution in [3.8, 4) is 11.4 Å². The SMILES string of the molecule is Cc1cnn(CC2CN(c3nc(-c4cccnc4)nc4sc5c(c34)CCC5)CCO2)c1. The molecular weight excluding hydrogens is 408 g/mol. The second-order valence-corrected chi connectivity index (χ2v) is 9.41. The molecule has 0 aromatic carbocycles. The summed E-state index contributed by atoms with van der Waals surface area (Å²) in [6, 6.07) is 3.97. The van der Waals surface area contributed by atoms with E-state index in [0.717, 1.165) is 54.5 Å². The quantitative estimate of drug-likeness (QED) is 0.490. The summed E-state index contributed by atoms with van der Waals surface area (Å²) in [5, 5.41) is 5.69. The maximum Gasteiger partial charge on any atom is 0.164 e. The van der Waals surface area contributed by atoms with Crippen molar-refractivity contribution in [2.45, 2.75) is 38.8 Å². The number of nitrogens with zero attached hydrogens (tertiary/aromatic N) is 6. The zero-order valence-electron chi connectivity index (χ0n) is 17.5. The van der Waals surface area contributed by atoms with Crippen molar-refractivity contribution >= 4 is 27.4 Å². The molecule has 4 aromatic heterocycles. The first-order valence-electron chi connectivity index (χ1n) is 10.8. The van der Waals surface area contributed by atoms with Gasteiger partial charge in [-0.15, -0.1) is 11.3 Å². The molecule has 1 fully saturated rings. The van der Waals surface area contributed by atoms with E-state index >= 15 is 0 Å². The van der Waals surface area contributed by atoms with Crippen LogP contribution in [-0.2, 0) is 24.1 Å². The van der Waals surface area contributed by atoms with Gasteiger partial charge < -0.3 is 9.64 Å². The van der Waals surface area contributed by atoms with Crippen LogP contribution in [0.4, 0.5) is 5.82 Å². The fourth-order valence-corrected chi connectivity index (χ4v) is 5.88. The largest absolute Gasteiger partial charge is 0.373 e. The van der Waals surface area contributed by atoms with Crippen molar-refractivity contribution in [2.75, 3.05) is 24.6 Å². The van der Waals surface area contributed by atoms with Crippen LogP contribution in [0.3, 0.4) is 0 Å². The van der Waals surface area contributed by atoms with Gasteiger partial charge in [-0.1, -0.05) is 0 Å². The van der Waals surface area contributed by atoms with Crippen molar-refractivity contribution in [1.29, 1.82) is 0 Å². The Morgan fingerprint density at radius 3 is 3.03 bits per heavy atom. The number of aryl methyl sites for hydroxylation is 3. The Labute approximate surface area is 184 Å². The first-order chi connectivity index (χ1) is 15.2. The molecule has 0 spiro atoms. The predicted molar refractivity (Wildman–Crippen MR) is 122 cm³/mol. The lowest BCUT2D eigenvalue weighted by atomic mass is 10.1. The summed E-state index contributed by atoms with van der Waals surface area (Å²) in [5.41, 5.74) is 3.58. The first kappa shape index (κ1) is 18.9. The highest BCUT2D eigenvalue weighted by Crippen LogP contribution is 2.41. The minimum atomic E-state index is 0.0755. The molecule has 8 heteroatoms. The van der Waals surface area contributed by atoms with Crippen molar-refractivity contribution in [1.82, 2.24) is 24.7 Å². The van der Waals surface area contributed by atoms with E-state index in [2.05, 4.69) is 28.1 Å². The standard InChI is InChI=1S/C23H24N6OS/c1-15-10-25-29(12-15)14-17-13-28(8-9-30-17)22-20-18-5-2-6-19(18)31-23(20)27-21(26-22)16-4-3-7-24-11-16/h3-4,7,10-12,17H,2,5-6,8-9,13-14H2,1H3. The maximum absolute atomic E-state index is 6.09. The number of thiophene rings is 1. The fourth-order valence-electron chi connectivity index (χ4n) is 4.63. The molecular formula is C23H24N6OS. The molecule has 1 aliphatic carbocycles. The summed E-state index contributed by atoms with van der Waals surface area (Å²) in [4.78, 5) is 19.3. The molecule has 158 valence electrons. The van der Waals surface area contributed by atoms with Crippen LogP contribution in [0.15, 0.2) is 36.9 Å². The number of hydrogen-bond acceptors (Lipinski definition) is 7. The number of anilines is 1. The van der Waals surface area contributed by atoms with Gasteiger partial charge in [-0.3, -0.25) is 9.67 Å². The Kier molecular flexibility index (Phi) is 4.69. The average molecular weight is 433 g/mol. The van der Waals surface area contributed by atoms with E-state index in [-0.39, 0.29) is 6.10 Å². The van der Waals surface area contributed by atoms with Gasteiger partial charge in [-0.25, -0.2) is 9.97 Å². The molecule has 5 heterocycles. The average Bonchev–Trinajstić information content (AvgIpc) is 3.50. The van der Waals surface area contributed by atoms with E-state index in [1.165, 1.54) is 27.8 Å². The molecule has 0 bridgehead atoms. The van der Waals surface area contributed by atoms with Crippen LogP contribution in [0, 0.1) is 6.92 Å². The minimum Gasteiger partial charge on any atom is -0.373 e.